The standard InChI is InChI=1S/C20H30N6O2S/c1-14(2)29-20-23-17(25-9-11-28-12-10-25)16-13-22-26(18(16)24-20)8-7-21-19(27)15-5-3-4-6-15/h13-15H,3-12H2,1-2H3,(H,21,27). The van der Waals surface area contributed by atoms with Gasteiger partial charge >= 0.3 is 0 Å². The molecule has 8 nitrogen and oxygen atoms in total. The van der Waals surface area contributed by atoms with Crippen LogP contribution in [0.2, 0.25) is 0 Å². The summed E-state index contributed by atoms with van der Waals surface area (Å²) in [5.41, 5.74) is 0.833. The van der Waals surface area contributed by atoms with E-state index in [0.717, 1.165) is 47.9 Å². The number of carbonyl (C=O) groups excluding carboxylic acids is 1. The summed E-state index contributed by atoms with van der Waals surface area (Å²) in [7, 11) is 0. The molecule has 0 bridgehead atoms. The molecule has 2 aromatic rings. The number of nitrogens with one attached hydrogen (secondary N) is 1. The molecule has 9 heteroatoms. The molecule has 3 heterocycles. The summed E-state index contributed by atoms with van der Waals surface area (Å²) in [4.78, 5) is 24.2. The lowest BCUT2D eigenvalue weighted by Crippen LogP contribution is -2.37. The van der Waals surface area contributed by atoms with Gasteiger partial charge in [-0.1, -0.05) is 38.5 Å². The highest BCUT2D eigenvalue weighted by atomic mass is 32.2. The molecule has 0 aromatic carbocycles. The van der Waals surface area contributed by atoms with Crippen molar-refractivity contribution in [3.63, 3.8) is 0 Å². The summed E-state index contributed by atoms with van der Waals surface area (Å²) in [6, 6.07) is 0. The molecule has 2 aliphatic rings. The Hall–Kier alpha value is -1.87. The largest absolute Gasteiger partial charge is 0.378 e. The SMILES string of the molecule is CC(C)Sc1nc(N2CCOCC2)c2cnn(CCNC(=O)C3CCCC3)c2n1. The van der Waals surface area contributed by atoms with Crippen molar-refractivity contribution in [2.24, 2.45) is 5.92 Å². The van der Waals surface area contributed by atoms with Crippen molar-refractivity contribution in [3.8, 4) is 0 Å². The number of amides is 1. The smallest absolute Gasteiger partial charge is 0.223 e. The van der Waals surface area contributed by atoms with Crippen LogP contribution in [-0.4, -0.2) is 63.8 Å². The van der Waals surface area contributed by atoms with Crippen molar-refractivity contribution in [3.05, 3.63) is 6.20 Å². The number of thioether (sulfide) groups is 1. The molecule has 0 atom stereocenters. The lowest BCUT2D eigenvalue weighted by Gasteiger charge is -2.28. The van der Waals surface area contributed by atoms with Gasteiger partial charge in [0.25, 0.3) is 0 Å². The molecule has 158 valence electrons. The van der Waals surface area contributed by atoms with E-state index >= 15 is 0 Å². The Morgan fingerprint density at radius 2 is 2.03 bits per heavy atom. The third-order valence-corrected chi connectivity index (χ3v) is 6.32. The van der Waals surface area contributed by atoms with Gasteiger partial charge < -0.3 is 15.0 Å². The minimum absolute atomic E-state index is 0.179. The van der Waals surface area contributed by atoms with Crippen LogP contribution in [-0.2, 0) is 16.1 Å². The molecular weight excluding hydrogens is 388 g/mol. The first-order valence-corrected chi connectivity index (χ1v) is 11.5. The molecule has 1 aliphatic carbocycles. The molecule has 1 aliphatic heterocycles. The van der Waals surface area contributed by atoms with E-state index in [0.29, 0.717) is 31.6 Å². The van der Waals surface area contributed by atoms with Crippen molar-refractivity contribution in [2.45, 2.75) is 56.5 Å². The van der Waals surface area contributed by atoms with Crippen LogP contribution in [0.15, 0.2) is 11.4 Å². The van der Waals surface area contributed by atoms with E-state index in [4.69, 9.17) is 14.7 Å². The monoisotopic (exact) mass is 418 g/mol. The molecule has 1 saturated carbocycles. The van der Waals surface area contributed by atoms with Gasteiger partial charge in [0.15, 0.2) is 10.8 Å². The van der Waals surface area contributed by atoms with E-state index in [9.17, 15) is 4.79 Å². The first kappa shape index (κ1) is 20.4. The van der Waals surface area contributed by atoms with Crippen molar-refractivity contribution in [1.82, 2.24) is 25.1 Å². The van der Waals surface area contributed by atoms with Crippen LogP contribution < -0.4 is 10.2 Å². The minimum Gasteiger partial charge on any atom is -0.378 e. The molecule has 0 unspecified atom stereocenters. The second-order valence-corrected chi connectivity index (χ2v) is 9.52. The second-order valence-electron chi connectivity index (χ2n) is 7.97. The number of carbonyl (C=O) groups is 1. The summed E-state index contributed by atoms with van der Waals surface area (Å²) in [5.74, 6) is 1.30. The fraction of sp³-hybridized carbons (Fsp3) is 0.700. The summed E-state index contributed by atoms with van der Waals surface area (Å²) >= 11 is 1.66. The predicted molar refractivity (Wildman–Crippen MR) is 114 cm³/mol. The van der Waals surface area contributed by atoms with Crippen LogP contribution in [0.4, 0.5) is 5.82 Å². The maximum atomic E-state index is 12.3. The van der Waals surface area contributed by atoms with Crippen molar-refractivity contribution < 1.29 is 9.53 Å². The molecular formula is C20H30N6O2S. The molecule has 29 heavy (non-hydrogen) atoms. The van der Waals surface area contributed by atoms with E-state index < -0.39 is 0 Å². The van der Waals surface area contributed by atoms with Gasteiger partial charge in [-0.15, -0.1) is 0 Å². The van der Waals surface area contributed by atoms with E-state index in [1.54, 1.807) is 11.8 Å². The van der Waals surface area contributed by atoms with E-state index in [1.807, 2.05) is 10.9 Å². The number of rotatable bonds is 7. The summed E-state index contributed by atoms with van der Waals surface area (Å²) in [6.07, 6.45) is 6.21. The first-order valence-electron chi connectivity index (χ1n) is 10.6. The van der Waals surface area contributed by atoms with E-state index in [1.165, 1.54) is 12.8 Å². The topological polar surface area (TPSA) is 85.2 Å². The van der Waals surface area contributed by atoms with Crippen LogP contribution in [0.3, 0.4) is 0 Å². The number of morpholine rings is 1. The number of hydrogen-bond acceptors (Lipinski definition) is 7. The zero-order chi connectivity index (χ0) is 20.2. The summed E-state index contributed by atoms with van der Waals surface area (Å²) in [5, 5.41) is 9.76. The van der Waals surface area contributed by atoms with Gasteiger partial charge in [-0.25, -0.2) is 14.6 Å². The Kier molecular flexibility index (Phi) is 6.54. The maximum Gasteiger partial charge on any atom is 0.223 e. The van der Waals surface area contributed by atoms with Crippen LogP contribution in [0.1, 0.15) is 39.5 Å². The number of hydrogen-bond donors (Lipinski definition) is 1. The Balaban J connectivity index is 1.53. The van der Waals surface area contributed by atoms with Crippen LogP contribution in [0, 0.1) is 5.92 Å². The highest BCUT2D eigenvalue weighted by Crippen LogP contribution is 2.29. The number of fused-ring (bicyclic) bond motifs is 1. The quantitative estimate of drug-likeness (QED) is 0.546. The number of anilines is 1. The molecule has 1 N–H and O–H groups in total. The van der Waals surface area contributed by atoms with Crippen LogP contribution >= 0.6 is 11.8 Å². The van der Waals surface area contributed by atoms with Crippen molar-refractivity contribution in [2.75, 3.05) is 37.7 Å². The Labute approximate surface area is 175 Å². The Morgan fingerprint density at radius 3 is 2.76 bits per heavy atom. The molecule has 1 saturated heterocycles. The zero-order valence-electron chi connectivity index (χ0n) is 17.3. The molecule has 0 spiro atoms. The third kappa shape index (κ3) is 4.83. The van der Waals surface area contributed by atoms with Gasteiger partial charge in [-0.05, 0) is 12.8 Å². The van der Waals surface area contributed by atoms with Crippen molar-refractivity contribution in [1.29, 1.82) is 0 Å². The molecule has 4 rings (SSSR count). The van der Waals surface area contributed by atoms with Gasteiger partial charge in [0.1, 0.15) is 5.82 Å². The maximum absolute atomic E-state index is 12.3. The zero-order valence-corrected chi connectivity index (χ0v) is 18.1. The highest BCUT2D eigenvalue weighted by molar-refractivity contribution is 7.99. The fourth-order valence-corrected chi connectivity index (χ4v) is 4.68. The second kappa shape index (κ2) is 9.30. The van der Waals surface area contributed by atoms with E-state index in [-0.39, 0.29) is 11.8 Å². The van der Waals surface area contributed by atoms with E-state index in [2.05, 4.69) is 29.2 Å². The average Bonchev–Trinajstić information content (AvgIpc) is 3.38. The molecule has 1 amide bonds. The number of aromatic nitrogens is 4. The minimum atomic E-state index is 0.179. The van der Waals surface area contributed by atoms with Crippen LogP contribution in [0.25, 0.3) is 11.0 Å². The molecule has 0 radical (unpaired) electrons. The highest BCUT2D eigenvalue weighted by Gasteiger charge is 2.23. The van der Waals surface area contributed by atoms with Gasteiger partial charge in [-0.2, -0.15) is 5.10 Å². The normalized spacial score (nSPS) is 18.1. The number of nitrogens with zero attached hydrogens (tertiary/aromatic N) is 5. The fourth-order valence-electron chi connectivity index (χ4n) is 3.98. The molecule has 2 fully saturated rings. The van der Waals surface area contributed by atoms with Crippen molar-refractivity contribution >= 4 is 34.5 Å². The molecule has 2 aromatic heterocycles. The number of ether oxygens (including phenoxy) is 1. The first-order chi connectivity index (χ1) is 14.1. The Bertz CT molecular complexity index is 843. The predicted octanol–water partition coefficient (Wildman–Crippen LogP) is 2.47. The average molecular weight is 419 g/mol. The Morgan fingerprint density at radius 1 is 1.28 bits per heavy atom. The van der Waals surface area contributed by atoms with Gasteiger partial charge in [0.2, 0.25) is 5.91 Å². The van der Waals surface area contributed by atoms with Crippen LogP contribution in [0.5, 0.6) is 0 Å². The van der Waals surface area contributed by atoms with Gasteiger partial charge in [0, 0.05) is 30.8 Å². The lowest BCUT2D eigenvalue weighted by atomic mass is 10.1. The summed E-state index contributed by atoms with van der Waals surface area (Å²) in [6.45, 7) is 8.51. The lowest BCUT2D eigenvalue weighted by molar-refractivity contribution is -0.124. The van der Waals surface area contributed by atoms with Gasteiger partial charge in [0.05, 0.1) is 31.3 Å². The third-order valence-electron chi connectivity index (χ3n) is 5.46. The summed E-state index contributed by atoms with van der Waals surface area (Å²) < 4.78 is 7.39. The van der Waals surface area contributed by atoms with Gasteiger partial charge in [-0.3, -0.25) is 4.79 Å².